The van der Waals surface area contributed by atoms with E-state index in [1.165, 1.54) is 10.7 Å². The molecule has 5 rings (SSSR count). The van der Waals surface area contributed by atoms with Crippen molar-refractivity contribution in [2.45, 2.75) is 38.3 Å². The topological polar surface area (TPSA) is 64.7 Å². The molecule has 168 valence electrons. The lowest BCUT2D eigenvalue weighted by atomic mass is 10.1. The van der Waals surface area contributed by atoms with Gasteiger partial charge in [-0.3, -0.25) is 9.48 Å². The Balaban J connectivity index is 1.35. The molecule has 4 aromatic rings. The van der Waals surface area contributed by atoms with E-state index >= 15 is 0 Å². The van der Waals surface area contributed by atoms with E-state index < -0.39 is 6.43 Å². The molecule has 1 aliphatic rings. The molecule has 1 fully saturated rings. The first kappa shape index (κ1) is 21.1. The predicted octanol–water partition coefficient (Wildman–Crippen LogP) is 4.87. The molecule has 33 heavy (non-hydrogen) atoms. The second kappa shape index (κ2) is 8.97. The van der Waals surface area contributed by atoms with Gasteiger partial charge >= 0.3 is 0 Å². The predicted molar refractivity (Wildman–Crippen MR) is 120 cm³/mol. The highest BCUT2D eigenvalue weighted by molar-refractivity contribution is 5.76. The molecule has 0 unspecified atom stereocenters. The third-order valence-electron chi connectivity index (χ3n) is 5.68. The molecule has 0 aliphatic heterocycles. The standard InChI is InChI=1S/C25H23F2N5O/c26-25(27)21-13-22(17-11-12-17)32(29-21)16-23(33)28-14-19-15-31(20-9-5-2-6-10-20)30-24(19)18-7-3-1-4-8-18/h1-10,13,15,17,25H,11-12,14,16H2,(H,28,33). The molecule has 2 aromatic carbocycles. The van der Waals surface area contributed by atoms with Crippen molar-refractivity contribution in [2.75, 3.05) is 0 Å². The number of halogens is 2. The summed E-state index contributed by atoms with van der Waals surface area (Å²) in [7, 11) is 0. The van der Waals surface area contributed by atoms with E-state index in [2.05, 4.69) is 10.4 Å². The first-order valence-corrected chi connectivity index (χ1v) is 10.9. The largest absolute Gasteiger partial charge is 0.350 e. The van der Waals surface area contributed by atoms with E-state index in [-0.39, 0.29) is 30.6 Å². The van der Waals surface area contributed by atoms with Crippen LogP contribution < -0.4 is 5.32 Å². The van der Waals surface area contributed by atoms with E-state index in [1.54, 1.807) is 4.68 Å². The second-order valence-electron chi connectivity index (χ2n) is 8.15. The molecular formula is C25H23F2N5O. The van der Waals surface area contributed by atoms with Crippen molar-refractivity contribution in [3.8, 4) is 16.9 Å². The van der Waals surface area contributed by atoms with Gasteiger partial charge in [0.2, 0.25) is 5.91 Å². The number of para-hydroxylation sites is 1. The van der Waals surface area contributed by atoms with Crippen molar-refractivity contribution in [3.63, 3.8) is 0 Å². The Labute approximate surface area is 189 Å². The van der Waals surface area contributed by atoms with Crippen LogP contribution in [-0.2, 0) is 17.9 Å². The average molecular weight is 447 g/mol. The summed E-state index contributed by atoms with van der Waals surface area (Å²) in [5.74, 6) is -0.0705. The van der Waals surface area contributed by atoms with Crippen LogP contribution in [0.3, 0.4) is 0 Å². The number of nitrogens with zero attached hydrogens (tertiary/aromatic N) is 4. The molecule has 0 atom stereocenters. The molecule has 8 heteroatoms. The lowest BCUT2D eigenvalue weighted by Crippen LogP contribution is -2.28. The highest BCUT2D eigenvalue weighted by Crippen LogP contribution is 2.41. The fourth-order valence-corrected chi connectivity index (χ4v) is 3.87. The molecule has 0 bridgehead atoms. The average Bonchev–Trinajstić information content (AvgIpc) is 3.45. The summed E-state index contributed by atoms with van der Waals surface area (Å²) in [6.45, 7) is 0.170. The molecule has 6 nitrogen and oxygen atoms in total. The minimum atomic E-state index is -2.65. The molecule has 0 saturated heterocycles. The van der Waals surface area contributed by atoms with Gasteiger partial charge in [-0.25, -0.2) is 13.5 Å². The fourth-order valence-electron chi connectivity index (χ4n) is 3.87. The van der Waals surface area contributed by atoms with Crippen molar-refractivity contribution in [1.29, 1.82) is 0 Å². The Morgan fingerprint density at radius 1 is 1.03 bits per heavy atom. The van der Waals surface area contributed by atoms with Crippen molar-refractivity contribution in [3.05, 3.63) is 89.9 Å². The number of hydrogen-bond donors (Lipinski definition) is 1. The van der Waals surface area contributed by atoms with Crippen LogP contribution in [0.2, 0.25) is 0 Å². The van der Waals surface area contributed by atoms with Crippen molar-refractivity contribution < 1.29 is 13.6 Å². The molecular weight excluding hydrogens is 424 g/mol. The van der Waals surface area contributed by atoms with E-state index in [0.29, 0.717) is 5.69 Å². The van der Waals surface area contributed by atoms with Crippen LogP contribution in [0.5, 0.6) is 0 Å². The summed E-state index contributed by atoms with van der Waals surface area (Å²) in [4.78, 5) is 12.7. The number of rotatable bonds is 8. The lowest BCUT2D eigenvalue weighted by molar-refractivity contribution is -0.122. The zero-order valence-corrected chi connectivity index (χ0v) is 17.9. The highest BCUT2D eigenvalue weighted by atomic mass is 19.3. The summed E-state index contributed by atoms with van der Waals surface area (Å²) in [6.07, 6.45) is 1.13. The van der Waals surface area contributed by atoms with Crippen LogP contribution in [0, 0.1) is 0 Å². The second-order valence-corrected chi connectivity index (χ2v) is 8.15. The molecule has 1 saturated carbocycles. The van der Waals surface area contributed by atoms with E-state index in [4.69, 9.17) is 5.10 Å². The molecule has 0 radical (unpaired) electrons. The summed E-state index contributed by atoms with van der Waals surface area (Å²) in [5, 5.41) is 11.6. The minimum Gasteiger partial charge on any atom is -0.350 e. The summed E-state index contributed by atoms with van der Waals surface area (Å²) in [6, 6.07) is 20.9. The molecule has 2 aromatic heterocycles. The number of aromatic nitrogens is 4. The fraction of sp³-hybridized carbons (Fsp3) is 0.240. The summed E-state index contributed by atoms with van der Waals surface area (Å²) >= 11 is 0. The quantitative estimate of drug-likeness (QED) is 0.419. The summed E-state index contributed by atoms with van der Waals surface area (Å²) < 4.78 is 29.4. The number of alkyl halides is 2. The normalized spacial score (nSPS) is 13.4. The number of hydrogen-bond acceptors (Lipinski definition) is 3. The smallest absolute Gasteiger partial charge is 0.282 e. The van der Waals surface area contributed by atoms with Gasteiger partial charge in [0, 0.05) is 35.5 Å². The zero-order valence-electron chi connectivity index (χ0n) is 17.9. The van der Waals surface area contributed by atoms with Gasteiger partial charge in [-0.2, -0.15) is 10.2 Å². The van der Waals surface area contributed by atoms with Gasteiger partial charge in [0.1, 0.15) is 12.2 Å². The van der Waals surface area contributed by atoms with Crippen molar-refractivity contribution >= 4 is 5.91 Å². The first-order valence-electron chi connectivity index (χ1n) is 10.9. The minimum absolute atomic E-state index is 0.0912. The Hall–Kier alpha value is -3.81. The van der Waals surface area contributed by atoms with Gasteiger partial charge < -0.3 is 5.32 Å². The molecule has 0 spiro atoms. The monoisotopic (exact) mass is 447 g/mol. The van der Waals surface area contributed by atoms with Gasteiger partial charge in [-0.05, 0) is 31.0 Å². The highest BCUT2D eigenvalue weighted by Gasteiger charge is 2.30. The van der Waals surface area contributed by atoms with E-state index in [9.17, 15) is 13.6 Å². The van der Waals surface area contributed by atoms with Gasteiger partial charge in [-0.15, -0.1) is 0 Å². The SMILES string of the molecule is O=C(Cn1nc(C(F)F)cc1C1CC1)NCc1cn(-c2ccccc2)nc1-c1ccccc1. The Morgan fingerprint density at radius 3 is 2.39 bits per heavy atom. The van der Waals surface area contributed by atoms with Crippen LogP contribution in [0.4, 0.5) is 8.78 Å². The van der Waals surface area contributed by atoms with Gasteiger partial charge in [-0.1, -0.05) is 48.5 Å². The third-order valence-corrected chi connectivity index (χ3v) is 5.68. The maximum absolute atomic E-state index is 13.1. The zero-order chi connectivity index (χ0) is 22.8. The Morgan fingerprint density at radius 2 is 1.73 bits per heavy atom. The number of carbonyl (C=O) groups excluding carboxylic acids is 1. The van der Waals surface area contributed by atoms with Gasteiger partial charge in [0.25, 0.3) is 6.43 Å². The molecule has 1 amide bonds. The van der Waals surface area contributed by atoms with Crippen molar-refractivity contribution in [1.82, 2.24) is 24.9 Å². The van der Waals surface area contributed by atoms with Gasteiger partial charge in [0.15, 0.2) is 0 Å². The Bertz CT molecular complexity index is 1250. The Kier molecular flexibility index (Phi) is 5.73. The lowest BCUT2D eigenvalue weighted by Gasteiger charge is -2.08. The maximum Gasteiger partial charge on any atom is 0.282 e. The van der Waals surface area contributed by atoms with Gasteiger partial charge in [0.05, 0.1) is 11.4 Å². The molecule has 1 N–H and O–H groups in total. The van der Waals surface area contributed by atoms with Crippen LogP contribution in [0.15, 0.2) is 72.9 Å². The maximum atomic E-state index is 13.1. The van der Waals surface area contributed by atoms with E-state index in [1.807, 2.05) is 66.9 Å². The number of carbonyl (C=O) groups is 1. The first-order chi connectivity index (χ1) is 16.1. The number of nitrogens with one attached hydrogen (secondary N) is 1. The van der Waals surface area contributed by atoms with E-state index in [0.717, 1.165) is 35.3 Å². The third kappa shape index (κ3) is 4.69. The summed E-state index contributed by atoms with van der Waals surface area (Å²) in [5.41, 5.74) is 3.92. The molecule has 2 heterocycles. The van der Waals surface area contributed by atoms with Crippen LogP contribution in [0.1, 0.15) is 42.1 Å². The number of benzene rings is 2. The van der Waals surface area contributed by atoms with Crippen molar-refractivity contribution in [2.24, 2.45) is 0 Å². The van der Waals surface area contributed by atoms with Crippen LogP contribution in [-0.4, -0.2) is 25.5 Å². The van der Waals surface area contributed by atoms with Crippen LogP contribution in [0.25, 0.3) is 16.9 Å². The van der Waals surface area contributed by atoms with Crippen LogP contribution >= 0.6 is 0 Å². The number of amides is 1. The molecule has 1 aliphatic carbocycles.